The highest BCUT2D eigenvalue weighted by Gasteiger charge is 2.29. The zero-order chi connectivity index (χ0) is 16.9. The van der Waals surface area contributed by atoms with Crippen LogP contribution in [0.1, 0.15) is 23.7 Å². The zero-order valence-corrected chi connectivity index (χ0v) is 12.9. The first-order valence-corrected chi connectivity index (χ1v) is 6.60. The Morgan fingerprint density at radius 2 is 2.05 bits per heavy atom. The van der Waals surface area contributed by atoms with Crippen LogP contribution in [0.3, 0.4) is 0 Å². The number of carbonyl (C=O) groups excluding carboxylic acids is 1. The Bertz CT molecular complexity index is 533. The van der Waals surface area contributed by atoms with Gasteiger partial charge in [0.2, 0.25) is 5.91 Å². The Morgan fingerprint density at radius 1 is 1.41 bits per heavy atom. The largest absolute Gasteiger partial charge is 0.496 e. The molecule has 0 aliphatic rings. The molecule has 0 spiro atoms. The van der Waals surface area contributed by atoms with Gasteiger partial charge in [0.1, 0.15) is 18.5 Å². The second-order valence-electron chi connectivity index (χ2n) is 4.83. The fourth-order valence-electron chi connectivity index (χ4n) is 1.86. The van der Waals surface area contributed by atoms with Gasteiger partial charge in [-0.25, -0.2) is 0 Å². The van der Waals surface area contributed by atoms with Gasteiger partial charge in [0.25, 0.3) is 0 Å². The van der Waals surface area contributed by atoms with E-state index in [1.807, 2.05) is 6.92 Å². The van der Waals surface area contributed by atoms with Crippen LogP contribution in [0.25, 0.3) is 0 Å². The van der Waals surface area contributed by atoms with Crippen LogP contribution >= 0.6 is 0 Å². The van der Waals surface area contributed by atoms with Gasteiger partial charge in [-0.1, -0.05) is 0 Å². The summed E-state index contributed by atoms with van der Waals surface area (Å²) in [7, 11) is 1.53. The number of pyridine rings is 1. The van der Waals surface area contributed by atoms with Crippen molar-refractivity contribution in [3.63, 3.8) is 0 Å². The number of amides is 1. The van der Waals surface area contributed by atoms with Crippen molar-refractivity contribution in [1.82, 2.24) is 10.3 Å². The molecule has 124 valence electrons. The van der Waals surface area contributed by atoms with E-state index in [0.29, 0.717) is 11.4 Å². The lowest BCUT2D eigenvalue weighted by Crippen LogP contribution is -2.36. The molecule has 1 amide bonds. The minimum Gasteiger partial charge on any atom is -0.496 e. The Balaban J connectivity index is 2.61. The van der Waals surface area contributed by atoms with Crippen LogP contribution in [0.4, 0.5) is 13.2 Å². The van der Waals surface area contributed by atoms with Crippen LogP contribution in [0, 0.1) is 13.8 Å². The first kappa shape index (κ1) is 18.2. The van der Waals surface area contributed by atoms with Gasteiger partial charge in [-0.2, -0.15) is 13.2 Å². The molecule has 0 fully saturated rings. The number of carbonyl (C=O) groups is 1. The maximum absolute atomic E-state index is 12.0. The second-order valence-corrected chi connectivity index (χ2v) is 4.83. The summed E-state index contributed by atoms with van der Waals surface area (Å²) in [4.78, 5) is 15.9. The summed E-state index contributed by atoms with van der Waals surface area (Å²) in [6.07, 6.45) is -4.05. The average molecular weight is 320 g/mol. The molecule has 0 aliphatic carbocycles. The van der Waals surface area contributed by atoms with Crippen molar-refractivity contribution in [2.45, 2.75) is 39.6 Å². The highest BCUT2D eigenvalue weighted by atomic mass is 19.4. The molecule has 1 rings (SSSR count). The molecule has 5 nitrogen and oxygen atoms in total. The summed E-state index contributed by atoms with van der Waals surface area (Å²) in [5, 5.41) is 2.50. The molecule has 22 heavy (non-hydrogen) atoms. The summed E-state index contributed by atoms with van der Waals surface area (Å²) in [6.45, 7) is 3.52. The van der Waals surface area contributed by atoms with Gasteiger partial charge in [0.05, 0.1) is 19.3 Å². The maximum Gasteiger partial charge on any atom is 0.411 e. The van der Waals surface area contributed by atoms with Crippen molar-refractivity contribution in [1.29, 1.82) is 0 Å². The van der Waals surface area contributed by atoms with Crippen molar-refractivity contribution < 1.29 is 27.4 Å². The molecule has 1 aromatic rings. The number of nitrogens with one attached hydrogen (secondary N) is 1. The second kappa shape index (κ2) is 7.44. The summed E-state index contributed by atoms with van der Waals surface area (Å²) in [6, 6.07) is 0. The number of alkyl halides is 3. The number of nitrogens with zero attached hydrogens (tertiary/aromatic N) is 1. The molecular weight excluding hydrogens is 301 g/mol. The Morgan fingerprint density at radius 3 is 2.59 bits per heavy atom. The number of methoxy groups -OCH3 is 1. The van der Waals surface area contributed by atoms with E-state index < -0.39 is 24.8 Å². The maximum atomic E-state index is 12.0. The third-order valence-corrected chi connectivity index (χ3v) is 3.05. The van der Waals surface area contributed by atoms with Gasteiger partial charge in [-0.05, 0) is 20.8 Å². The van der Waals surface area contributed by atoms with Gasteiger partial charge in [-0.3, -0.25) is 9.78 Å². The van der Waals surface area contributed by atoms with Crippen LogP contribution in [-0.2, 0) is 16.1 Å². The standard InChI is InChI=1S/C14H19F3N2O3/c1-8-5-18-11(9(2)12(8)21-4)6-19-13(20)10(3)22-7-14(15,16)17/h5,10H,6-7H2,1-4H3,(H,19,20)/t10-/m0/s1. The molecule has 8 heteroatoms. The van der Waals surface area contributed by atoms with Crippen molar-refractivity contribution >= 4 is 5.91 Å². The van der Waals surface area contributed by atoms with E-state index in [0.717, 1.165) is 11.1 Å². The Hall–Kier alpha value is -1.83. The predicted octanol–water partition coefficient (Wildman–Crippen LogP) is 2.29. The number of halogens is 3. The molecule has 1 N–H and O–H groups in total. The number of rotatable bonds is 6. The Labute approximate surface area is 126 Å². The van der Waals surface area contributed by atoms with Gasteiger partial charge in [0, 0.05) is 17.3 Å². The zero-order valence-electron chi connectivity index (χ0n) is 12.9. The van der Waals surface area contributed by atoms with E-state index in [1.54, 1.807) is 13.1 Å². The van der Waals surface area contributed by atoms with E-state index in [9.17, 15) is 18.0 Å². The summed E-state index contributed by atoms with van der Waals surface area (Å²) >= 11 is 0. The highest BCUT2D eigenvalue weighted by Crippen LogP contribution is 2.23. The van der Waals surface area contributed by atoms with E-state index >= 15 is 0 Å². The van der Waals surface area contributed by atoms with Crippen LogP contribution in [0.2, 0.25) is 0 Å². The number of hydrogen-bond donors (Lipinski definition) is 1. The molecule has 1 atom stereocenters. The van der Waals surface area contributed by atoms with Gasteiger partial charge < -0.3 is 14.8 Å². The van der Waals surface area contributed by atoms with Crippen molar-refractivity contribution in [3.8, 4) is 5.75 Å². The normalized spacial score (nSPS) is 12.9. The third-order valence-electron chi connectivity index (χ3n) is 3.05. The monoisotopic (exact) mass is 320 g/mol. The average Bonchev–Trinajstić information content (AvgIpc) is 2.43. The lowest BCUT2D eigenvalue weighted by Gasteiger charge is -2.16. The van der Waals surface area contributed by atoms with Crippen molar-refractivity contribution in [3.05, 3.63) is 23.0 Å². The number of hydrogen-bond acceptors (Lipinski definition) is 4. The molecule has 1 heterocycles. The number of ether oxygens (including phenoxy) is 2. The van der Waals surface area contributed by atoms with Crippen LogP contribution in [0.5, 0.6) is 5.75 Å². The molecule has 0 aliphatic heterocycles. The molecule has 0 bridgehead atoms. The summed E-state index contributed by atoms with van der Waals surface area (Å²) in [5.74, 6) is 0.0330. The lowest BCUT2D eigenvalue weighted by atomic mass is 10.1. The van der Waals surface area contributed by atoms with Gasteiger partial charge in [-0.15, -0.1) is 0 Å². The summed E-state index contributed by atoms with van der Waals surface area (Å²) < 4.78 is 45.8. The smallest absolute Gasteiger partial charge is 0.411 e. The molecule has 0 saturated carbocycles. The first-order chi connectivity index (χ1) is 10.2. The van der Waals surface area contributed by atoms with Crippen LogP contribution in [-0.4, -0.2) is 36.9 Å². The van der Waals surface area contributed by atoms with Gasteiger partial charge in [0.15, 0.2) is 0 Å². The van der Waals surface area contributed by atoms with E-state index in [2.05, 4.69) is 15.0 Å². The lowest BCUT2D eigenvalue weighted by molar-refractivity contribution is -0.185. The Kier molecular flexibility index (Phi) is 6.16. The fourth-order valence-corrected chi connectivity index (χ4v) is 1.86. The molecule has 0 unspecified atom stereocenters. The number of aromatic nitrogens is 1. The van der Waals surface area contributed by atoms with E-state index in [1.165, 1.54) is 14.0 Å². The third kappa shape index (κ3) is 5.18. The van der Waals surface area contributed by atoms with Crippen molar-refractivity contribution in [2.24, 2.45) is 0 Å². The predicted molar refractivity (Wildman–Crippen MR) is 73.6 cm³/mol. The van der Waals surface area contributed by atoms with Crippen molar-refractivity contribution in [2.75, 3.05) is 13.7 Å². The SMILES string of the molecule is COc1c(C)cnc(CNC(=O)[C@H](C)OCC(F)(F)F)c1C. The minimum absolute atomic E-state index is 0.0843. The quantitative estimate of drug-likeness (QED) is 0.874. The fraction of sp³-hybridized carbons (Fsp3) is 0.571. The molecule has 0 radical (unpaired) electrons. The van der Waals surface area contributed by atoms with E-state index in [4.69, 9.17) is 4.74 Å². The van der Waals surface area contributed by atoms with Crippen LogP contribution < -0.4 is 10.1 Å². The van der Waals surface area contributed by atoms with Gasteiger partial charge >= 0.3 is 6.18 Å². The first-order valence-electron chi connectivity index (χ1n) is 6.60. The minimum atomic E-state index is -4.46. The molecular formula is C14H19F3N2O3. The molecule has 0 saturated heterocycles. The van der Waals surface area contributed by atoms with E-state index in [-0.39, 0.29) is 6.54 Å². The topological polar surface area (TPSA) is 60.5 Å². The summed E-state index contributed by atoms with van der Waals surface area (Å²) in [5.41, 5.74) is 2.21. The molecule has 1 aromatic heterocycles. The molecule has 0 aromatic carbocycles. The highest BCUT2D eigenvalue weighted by molar-refractivity contribution is 5.80. The van der Waals surface area contributed by atoms with Crippen LogP contribution in [0.15, 0.2) is 6.20 Å². The number of aryl methyl sites for hydroxylation is 1.